The standard InChI is InChI=1S/C19H19N3O3S/c1-3-16(25-15-11-9-14(24-2)10-12-15)17(23)20-19-22-21-18(26-19)13-7-5-4-6-8-13/h4-12,16H,3H2,1-2H3,(H,20,22,23). The van der Waals surface area contributed by atoms with Gasteiger partial charge < -0.3 is 9.47 Å². The molecule has 0 bridgehead atoms. The Hall–Kier alpha value is -2.93. The molecule has 1 aromatic heterocycles. The van der Waals surface area contributed by atoms with Crippen LogP contribution < -0.4 is 14.8 Å². The van der Waals surface area contributed by atoms with Crippen LogP contribution in [0.5, 0.6) is 11.5 Å². The molecular weight excluding hydrogens is 350 g/mol. The lowest BCUT2D eigenvalue weighted by Crippen LogP contribution is -2.32. The van der Waals surface area contributed by atoms with E-state index in [0.717, 1.165) is 16.3 Å². The second kappa shape index (κ2) is 8.44. The second-order valence-electron chi connectivity index (χ2n) is 5.46. The molecule has 0 radical (unpaired) electrons. The first-order valence-electron chi connectivity index (χ1n) is 8.20. The molecule has 1 atom stereocenters. The largest absolute Gasteiger partial charge is 0.497 e. The predicted molar refractivity (Wildman–Crippen MR) is 102 cm³/mol. The van der Waals surface area contributed by atoms with E-state index in [1.165, 1.54) is 11.3 Å². The van der Waals surface area contributed by atoms with Gasteiger partial charge in [0.2, 0.25) is 5.13 Å². The molecule has 1 heterocycles. The predicted octanol–water partition coefficient (Wildman–Crippen LogP) is 4.01. The monoisotopic (exact) mass is 369 g/mol. The van der Waals surface area contributed by atoms with Crippen LogP contribution in [0.4, 0.5) is 5.13 Å². The molecule has 3 aromatic rings. The van der Waals surface area contributed by atoms with E-state index in [0.29, 0.717) is 17.3 Å². The number of carbonyl (C=O) groups is 1. The molecule has 0 spiro atoms. The van der Waals surface area contributed by atoms with Gasteiger partial charge in [0.15, 0.2) is 6.10 Å². The minimum atomic E-state index is -0.618. The highest BCUT2D eigenvalue weighted by atomic mass is 32.1. The summed E-state index contributed by atoms with van der Waals surface area (Å²) in [6, 6.07) is 16.8. The van der Waals surface area contributed by atoms with E-state index in [9.17, 15) is 4.79 Å². The van der Waals surface area contributed by atoms with Crippen LogP contribution in [0, 0.1) is 0 Å². The van der Waals surface area contributed by atoms with Crippen molar-refractivity contribution in [3.8, 4) is 22.1 Å². The van der Waals surface area contributed by atoms with Crippen molar-refractivity contribution < 1.29 is 14.3 Å². The van der Waals surface area contributed by atoms with Gasteiger partial charge in [-0.25, -0.2) is 0 Å². The molecule has 2 aromatic carbocycles. The van der Waals surface area contributed by atoms with Crippen molar-refractivity contribution in [3.63, 3.8) is 0 Å². The Bertz CT molecular complexity index is 850. The van der Waals surface area contributed by atoms with Crippen molar-refractivity contribution >= 4 is 22.4 Å². The molecule has 26 heavy (non-hydrogen) atoms. The van der Waals surface area contributed by atoms with Gasteiger partial charge in [0.25, 0.3) is 5.91 Å². The lowest BCUT2D eigenvalue weighted by Gasteiger charge is -2.16. The summed E-state index contributed by atoms with van der Waals surface area (Å²) < 4.78 is 10.9. The van der Waals surface area contributed by atoms with Crippen LogP contribution >= 0.6 is 11.3 Å². The summed E-state index contributed by atoms with van der Waals surface area (Å²) in [7, 11) is 1.60. The highest BCUT2D eigenvalue weighted by Gasteiger charge is 2.20. The Morgan fingerprint density at radius 1 is 1.08 bits per heavy atom. The van der Waals surface area contributed by atoms with Gasteiger partial charge in [-0.05, 0) is 30.7 Å². The zero-order valence-electron chi connectivity index (χ0n) is 14.5. The summed E-state index contributed by atoms with van der Waals surface area (Å²) in [5.41, 5.74) is 0.965. The summed E-state index contributed by atoms with van der Waals surface area (Å²) in [5, 5.41) is 12.2. The Morgan fingerprint density at radius 3 is 2.42 bits per heavy atom. The van der Waals surface area contributed by atoms with E-state index < -0.39 is 6.10 Å². The van der Waals surface area contributed by atoms with E-state index in [4.69, 9.17) is 9.47 Å². The second-order valence-corrected chi connectivity index (χ2v) is 6.44. The zero-order valence-corrected chi connectivity index (χ0v) is 15.3. The Morgan fingerprint density at radius 2 is 1.77 bits per heavy atom. The van der Waals surface area contributed by atoms with Crippen molar-refractivity contribution in [2.75, 3.05) is 12.4 Å². The summed E-state index contributed by atoms with van der Waals surface area (Å²) in [6.45, 7) is 1.89. The van der Waals surface area contributed by atoms with Gasteiger partial charge in [-0.3, -0.25) is 10.1 Å². The lowest BCUT2D eigenvalue weighted by atomic mass is 10.2. The minimum Gasteiger partial charge on any atom is -0.497 e. The number of methoxy groups -OCH3 is 1. The maximum absolute atomic E-state index is 12.5. The first kappa shape index (κ1) is 17.9. The first-order valence-corrected chi connectivity index (χ1v) is 9.01. The van der Waals surface area contributed by atoms with Gasteiger partial charge in [0, 0.05) is 5.56 Å². The van der Waals surface area contributed by atoms with Crippen LogP contribution in [-0.4, -0.2) is 29.3 Å². The maximum atomic E-state index is 12.5. The van der Waals surface area contributed by atoms with Crippen molar-refractivity contribution in [3.05, 3.63) is 54.6 Å². The van der Waals surface area contributed by atoms with Gasteiger partial charge in [-0.1, -0.05) is 48.6 Å². The van der Waals surface area contributed by atoms with Gasteiger partial charge in [0.1, 0.15) is 16.5 Å². The molecule has 0 aliphatic rings. The third-order valence-corrected chi connectivity index (χ3v) is 4.56. The smallest absolute Gasteiger partial charge is 0.267 e. The van der Waals surface area contributed by atoms with Crippen molar-refractivity contribution in [1.29, 1.82) is 0 Å². The summed E-state index contributed by atoms with van der Waals surface area (Å²) in [5.74, 6) is 1.09. The van der Waals surface area contributed by atoms with Crippen LogP contribution in [0.25, 0.3) is 10.6 Å². The molecule has 0 aliphatic carbocycles. The highest BCUT2D eigenvalue weighted by molar-refractivity contribution is 7.18. The third-order valence-electron chi connectivity index (χ3n) is 3.68. The Labute approximate surface area is 155 Å². The molecule has 7 heteroatoms. The molecule has 0 fully saturated rings. The molecule has 0 saturated carbocycles. The van der Waals surface area contributed by atoms with E-state index in [1.807, 2.05) is 37.3 Å². The number of hydrogen-bond acceptors (Lipinski definition) is 6. The fraction of sp³-hybridized carbons (Fsp3) is 0.211. The number of benzene rings is 2. The Kier molecular flexibility index (Phi) is 5.80. The molecule has 134 valence electrons. The molecule has 6 nitrogen and oxygen atoms in total. The molecule has 1 unspecified atom stereocenters. The van der Waals surface area contributed by atoms with E-state index in [1.54, 1.807) is 31.4 Å². The normalized spacial score (nSPS) is 11.6. The summed E-state index contributed by atoms with van der Waals surface area (Å²) >= 11 is 1.33. The molecule has 1 amide bonds. The van der Waals surface area contributed by atoms with Crippen LogP contribution in [0.2, 0.25) is 0 Å². The number of ether oxygens (including phenoxy) is 2. The summed E-state index contributed by atoms with van der Waals surface area (Å²) in [4.78, 5) is 12.5. The number of amides is 1. The fourth-order valence-corrected chi connectivity index (χ4v) is 3.05. The molecule has 1 N–H and O–H groups in total. The topological polar surface area (TPSA) is 73.3 Å². The number of nitrogens with one attached hydrogen (secondary N) is 1. The third kappa shape index (κ3) is 4.37. The molecular formula is C19H19N3O3S. The van der Waals surface area contributed by atoms with Crippen LogP contribution in [0.1, 0.15) is 13.3 Å². The van der Waals surface area contributed by atoms with Gasteiger partial charge in [0.05, 0.1) is 7.11 Å². The quantitative estimate of drug-likeness (QED) is 0.681. The average molecular weight is 369 g/mol. The van der Waals surface area contributed by atoms with Gasteiger partial charge in [-0.15, -0.1) is 10.2 Å². The summed E-state index contributed by atoms with van der Waals surface area (Å²) in [6.07, 6.45) is -0.0881. The number of anilines is 1. The van der Waals surface area contributed by atoms with Crippen molar-refractivity contribution in [2.24, 2.45) is 0 Å². The van der Waals surface area contributed by atoms with Gasteiger partial charge >= 0.3 is 0 Å². The average Bonchev–Trinajstić information content (AvgIpc) is 3.15. The lowest BCUT2D eigenvalue weighted by molar-refractivity contribution is -0.122. The maximum Gasteiger partial charge on any atom is 0.267 e. The Balaban J connectivity index is 1.64. The van der Waals surface area contributed by atoms with Crippen LogP contribution in [0.3, 0.4) is 0 Å². The number of rotatable bonds is 7. The fourth-order valence-electron chi connectivity index (χ4n) is 2.30. The van der Waals surface area contributed by atoms with Crippen LogP contribution in [0.15, 0.2) is 54.6 Å². The SMILES string of the molecule is CCC(Oc1ccc(OC)cc1)C(=O)Nc1nnc(-c2ccccc2)s1. The minimum absolute atomic E-state index is 0.251. The first-order chi connectivity index (χ1) is 12.7. The van der Waals surface area contributed by atoms with E-state index in [2.05, 4.69) is 15.5 Å². The zero-order chi connectivity index (χ0) is 18.4. The van der Waals surface area contributed by atoms with Crippen molar-refractivity contribution in [2.45, 2.75) is 19.4 Å². The van der Waals surface area contributed by atoms with Crippen molar-refractivity contribution in [1.82, 2.24) is 10.2 Å². The van der Waals surface area contributed by atoms with Crippen LogP contribution in [-0.2, 0) is 4.79 Å². The number of nitrogens with zero attached hydrogens (tertiary/aromatic N) is 2. The number of hydrogen-bond donors (Lipinski definition) is 1. The molecule has 3 rings (SSSR count). The highest BCUT2D eigenvalue weighted by Crippen LogP contribution is 2.26. The number of aromatic nitrogens is 2. The molecule has 0 aliphatic heterocycles. The number of carbonyl (C=O) groups excluding carboxylic acids is 1. The van der Waals surface area contributed by atoms with Gasteiger partial charge in [-0.2, -0.15) is 0 Å². The van der Waals surface area contributed by atoms with E-state index in [-0.39, 0.29) is 5.91 Å². The molecule has 0 saturated heterocycles. The van der Waals surface area contributed by atoms with E-state index >= 15 is 0 Å².